The maximum absolute atomic E-state index is 5.78. The topological polar surface area (TPSA) is 9.23 Å². The molecule has 1 atom stereocenters. The van der Waals surface area contributed by atoms with E-state index in [4.69, 9.17) is 4.74 Å². The van der Waals surface area contributed by atoms with Gasteiger partial charge in [-0.25, -0.2) is 0 Å². The van der Waals surface area contributed by atoms with E-state index in [-0.39, 0.29) is 6.10 Å². The Morgan fingerprint density at radius 1 is 1.11 bits per heavy atom. The maximum atomic E-state index is 5.78. The first-order valence-corrected chi connectivity index (χ1v) is 6.60. The van der Waals surface area contributed by atoms with E-state index >= 15 is 0 Å². The highest BCUT2D eigenvalue weighted by atomic mass is 16.5. The van der Waals surface area contributed by atoms with E-state index in [1.165, 1.54) is 16.7 Å². The van der Waals surface area contributed by atoms with Crippen molar-refractivity contribution in [2.75, 3.05) is 6.61 Å². The maximum Gasteiger partial charge on any atom is 0.144 e. The van der Waals surface area contributed by atoms with Crippen LogP contribution in [0.25, 0.3) is 0 Å². The molecule has 0 fully saturated rings. The van der Waals surface area contributed by atoms with Crippen LogP contribution < -0.4 is 0 Å². The summed E-state index contributed by atoms with van der Waals surface area (Å²) < 4.78 is 5.78. The molecule has 0 aromatic heterocycles. The van der Waals surface area contributed by atoms with Gasteiger partial charge in [0.25, 0.3) is 0 Å². The molecule has 2 aromatic rings. The summed E-state index contributed by atoms with van der Waals surface area (Å²) in [7, 11) is 0. The molecule has 3 rings (SSSR count). The average molecular weight is 248 g/mol. The highest BCUT2D eigenvalue weighted by molar-refractivity contribution is 5.41. The zero-order valence-corrected chi connectivity index (χ0v) is 11.0. The van der Waals surface area contributed by atoms with Crippen LogP contribution in [-0.4, -0.2) is 6.61 Å². The molecule has 1 aliphatic rings. The zero-order valence-electron chi connectivity index (χ0n) is 11.0. The largest absolute Gasteiger partial charge is 0.360 e. The minimum Gasteiger partial charge on any atom is -0.360 e. The van der Waals surface area contributed by atoms with Crippen molar-refractivity contribution < 1.29 is 4.74 Å². The molecule has 2 aromatic carbocycles. The molecule has 1 aliphatic heterocycles. The van der Waals surface area contributed by atoms with Crippen molar-refractivity contribution in [2.24, 2.45) is 0 Å². The lowest BCUT2D eigenvalue weighted by molar-refractivity contribution is 0.0814. The smallest absolute Gasteiger partial charge is 0.144 e. The molecule has 0 aliphatic carbocycles. The monoisotopic (exact) mass is 248 g/mol. The summed E-state index contributed by atoms with van der Waals surface area (Å²) >= 11 is 0. The van der Waals surface area contributed by atoms with Crippen LogP contribution in [0.15, 0.2) is 48.5 Å². The number of rotatable bonds is 0. The van der Waals surface area contributed by atoms with Gasteiger partial charge >= 0.3 is 0 Å². The van der Waals surface area contributed by atoms with Crippen LogP contribution in [0.4, 0.5) is 0 Å². The molecule has 0 amide bonds. The fourth-order valence-electron chi connectivity index (χ4n) is 2.39. The minimum atomic E-state index is -0.0922. The summed E-state index contributed by atoms with van der Waals surface area (Å²) in [5.41, 5.74) is 4.86. The van der Waals surface area contributed by atoms with Crippen molar-refractivity contribution in [1.82, 2.24) is 0 Å². The van der Waals surface area contributed by atoms with Crippen molar-refractivity contribution >= 4 is 0 Å². The Labute approximate surface area is 114 Å². The van der Waals surface area contributed by atoms with Gasteiger partial charge in [0.15, 0.2) is 0 Å². The van der Waals surface area contributed by atoms with E-state index < -0.39 is 0 Å². The van der Waals surface area contributed by atoms with E-state index in [1.54, 1.807) is 0 Å². The van der Waals surface area contributed by atoms with Gasteiger partial charge in [0.05, 0.1) is 6.61 Å². The summed E-state index contributed by atoms with van der Waals surface area (Å²) in [4.78, 5) is 0. The van der Waals surface area contributed by atoms with E-state index in [2.05, 4.69) is 55.2 Å². The number of fused-ring (bicyclic) bond motifs is 1. The Morgan fingerprint density at radius 3 is 2.89 bits per heavy atom. The molecule has 0 bridgehead atoms. The first-order valence-electron chi connectivity index (χ1n) is 6.60. The van der Waals surface area contributed by atoms with Crippen LogP contribution in [0.5, 0.6) is 0 Å². The first kappa shape index (κ1) is 12.0. The van der Waals surface area contributed by atoms with Gasteiger partial charge < -0.3 is 4.74 Å². The number of ether oxygens (including phenoxy) is 1. The third-order valence-corrected chi connectivity index (χ3v) is 3.36. The van der Waals surface area contributed by atoms with Crippen LogP contribution in [0.1, 0.15) is 28.4 Å². The lowest BCUT2D eigenvalue weighted by Crippen LogP contribution is -2.14. The Bertz CT molecular complexity index is 646. The predicted octanol–water partition coefficient (Wildman–Crippen LogP) is 3.66. The third kappa shape index (κ3) is 2.70. The van der Waals surface area contributed by atoms with Crippen molar-refractivity contribution in [3.8, 4) is 11.8 Å². The van der Waals surface area contributed by atoms with Gasteiger partial charge in [-0.1, -0.05) is 48.2 Å². The Kier molecular flexibility index (Phi) is 3.35. The van der Waals surface area contributed by atoms with Crippen LogP contribution in [0.2, 0.25) is 0 Å². The molecule has 0 radical (unpaired) electrons. The quantitative estimate of drug-likeness (QED) is 0.646. The summed E-state index contributed by atoms with van der Waals surface area (Å²) in [5, 5.41) is 0. The van der Waals surface area contributed by atoms with Crippen molar-refractivity contribution in [3.05, 3.63) is 70.8 Å². The Hall–Kier alpha value is -2.04. The lowest BCUT2D eigenvalue weighted by atomic mass is 9.98. The van der Waals surface area contributed by atoms with Crippen molar-refractivity contribution in [3.63, 3.8) is 0 Å². The second-order valence-corrected chi connectivity index (χ2v) is 4.84. The average Bonchev–Trinajstić information content (AvgIpc) is 2.45. The number of aryl methyl sites for hydroxylation is 1. The standard InChI is InChI=1S/C18H16O/c1-14-5-4-6-15(13-14)9-10-18-17-8-3-2-7-16(17)11-12-19-18/h2-8,13,18H,11-12H2,1H3. The molecule has 0 saturated heterocycles. The number of hydrogen-bond donors (Lipinski definition) is 0. The Morgan fingerprint density at radius 2 is 2.00 bits per heavy atom. The fraction of sp³-hybridized carbons (Fsp3) is 0.222. The van der Waals surface area contributed by atoms with Gasteiger partial charge in [-0.2, -0.15) is 0 Å². The van der Waals surface area contributed by atoms with Gasteiger partial charge in [0, 0.05) is 5.56 Å². The van der Waals surface area contributed by atoms with Gasteiger partial charge in [-0.15, -0.1) is 0 Å². The van der Waals surface area contributed by atoms with Crippen molar-refractivity contribution in [2.45, 2.75) is 19.4 Å². The minimum absolute atomic E-state index is 0.0922. The second kappa shape index (κ2) is 5.30. The second-order valence-electron chi connectivity index (χ2n) is 4.84. The van der Waals surface area contributed by atoms with Crippen LogP contribution in [-0.2, 0) is 11.2 Å². The van der Waals surface area contributed by atoms with Gasteiger partial charge in [0.2, 0.25) is 0 Å². The van der Waals surface area contributed by atoms with E-state index in [0.717, 1.165) is 18.6 Å². The van der Waals surface area contributed by atoms with Crippen LogP contribution >= 0.6 is 0 Å². The zero-order chi connectivity index (χ0) is 13.1. The summed E-state index contributed by atoms with van der Waals surface area (Å²) in [6.07, 6.45) is 0.893. The highest BCUT2D eigenvalue weighted by Gasteiger charge is 2.17. The normalized spacial score (nSPS) is 17.2. The van der Waals surface area contributed by atoms with Gasteiger partial charge in [-0.05, 0) is 42.2 Å². The Balaban J connectivity index is 1.90. The molecule has 1 nitrogen and oxygen atoms in total. The summed E-state index contributed by atoms with van der Waals surface area (Å²) in [5.74, 6) is 6.47. The molecule has 94 valence electrons. The highest BCUT2D eigenvalue weighted by Crippen LogP contribution is 2.26. The first-order chi connectivity index (χ1) is 9.33. The molecule has 0 spiro atoms. The molecule has 1 heteroatoms. The van der Waals surface area contributed by atoms with Gasteiger partial charge in [-0.3, -0.25) is 0 Å². The molecular formula is C18H16O. The fourth-order valence-corrected chi connectivity index (χ4v) is 2.39. The van der Waals surface area contributed by atoms with E-state index in [9.17, 15) is 0 Å². The molecule has 1 heterocycles. The molecule has 0 N–H and O–H groups in total. The number of benzene rings is 2. The van der Waals surface area contributed by atoms with Crippen LogP contribution in [0, 0.1) is 18.8 Å². The summed E-state index contributed by atoms with van der Waals surface area (Å²) in [6.45, 7) is 2.84. The van der Waals surface area contributed by atoms with Crippen LogP contribution in [0.3, 0.4) is 0 Å². The summed E-state index contributed by atoms with van der Waals surface area (Å²) in [6, 6.07) is 16.7. The lowest BCUT2D eigenvalue weighted by Gasteiger charge is -2.21. The molecule has 19 heavy (non-hydrogen) atoms. The third-order valence-electron chi connectivity index (χ3n) is 3.36. The SMILES string of the molecule is Cc1cccc(C#CC2OCCc3ccccc32)c1. The van der Waals surface area contributed by atoms with E-state index in [0.29, 0.717) is 0 Å². The van der Waals surface area contributed by atoms with Gasteiger partial charge in [0.1, 0.15) is 6.10 Å². The molecule has 0 saturated carbocycles. The predicted molar refractivity (Wildman–Crippen MR) is 76.9 cm³/mol. The van der Waals surface area contributed by atoms with E-state index in [1.807, 2.05) is 12.1 Å². The molecular weight excluding hydrogens is 232 g/mol. The number of hydrogen-bond acceptors (Lipinski definition) is 1. The molecule has 1 unspecified atom stereocenters. The van der Waals surface area contributed by atoms with Crippen molar-refractivity contribution in [1.29, 1.82) is 0 Å².